The zero-order valence-corrected chi connectivity index (χ0v) is 10.0. The van der Waals surface area contributed by atoms with Crippen LogP contribution in [0, 0.1) is 0 Å². The number of hydrogen-bond donors (Lipinski definition) is 3. The van der Waals surface area contributed by atoms with Crippen molar-refractivity contribution in [3.63, 3.8) is 0 Å². The third kappa shape index (κ3) is 2.51. The molecule has 0 aliphatic carbocycles. The van der Waals surface area contributed by atoms with E-state index in [0.29, 0.717) is 11.3 Å². The Morgan fingerprint density at radius 3 is 2.76 bits per heavy atom. The van der Waals surface area contributed by atoms with Crippen LogP contribution in [0.25, 0.3) is 0 Å². The second-order valence-corrected chi connectivity index (χ2v) is 4.09. The van der Waals surface area contributed by atoms with Crippen molar-refractivity contribution in [2.24, 2.45) is 0 Å². The molecule has 1 heterocycles. The number of aromatic amines is 1. The Kier molecular flexibility index (Phi) is 3.21. The van der Waals surface area contributed by atoms with E-state index in [-0.39, 0.29) is 21.6 Å². The molecular formula is C10H8Cl2N4O. The summed E-state index contributed by atoms with van der Waals surface area (Å²) < 4.78 is 0. The van der Waals surface area contributed by atoms with Gasteiger partial charge in [0.1, 0.15) is 0 Å². The number of anilines is 2. The summed E-state index contributed by atoms with van der Waals surface area (Å²) in [7, 11) is 0. The Labute approximate surface area is 107 Å². The van der Waals surface area contributed by atoms with Crippen molar-refractivity contribution in [3.8, 4) is 0 Å². The predicted molar refractivity (Wildman–Crippen MR) is 67.4 cm³/mol. The monoisotopic (exact) mass is 270 g/mol. The van der Waals surface area contributed by atoms with Gasteiger partial charge < -0.3 is 11.1 Å². The summed E-state index contributed by atoms with van der Waals surface area (Å²) in [6.07, 6.45) is 3.04. The van der Waals surface area contributed by atoms with Gasteiger partial charge in [0.05, 0.1) is 27.6 Å². The number of aromatic nitrogens is 2. The minimum atomic E-state index is -0.336. The summed E-state index contributed by atoms with van der Waals surface area (Å²) in [5.41, 5.74) is 6.77. The van der Waals surface area contributed by atoms with Crippen LogP contribution in [0.5, 0.6) is 0 Å². The first-order valence-corrected chi connectivity index (χ1v) is 5.38. The molecule has 2 rings (SSSR count). The fourth-order valence-corrected chi connectivity index (χ4v) is 1.60. The summed E-state index contributed by atoms with van der Waals surface area (Å²) in [5, 5.41) is 9.39. The molecule has 2 aromatic rings. The van der Waals surface area contributed by atoms with Gasteiger partial charge in [-0.1, -0.05) is 23.2 Å². The average molecular weight is 271 g/mol. The van der Waals surface area contributed by atoms with Crippen LogP contribution in [0.15, 0.2) is 24.5 Å². The number of amides is 1. The first-order valence-electron chi connectivity index (χ1n) is 4.62. The van der Waals surface area contributed by atoms with Crippen LogP contribution in [0.3, 0.4) is 0 Å². The smallest absolute Gasteiger partial charge is 0.255 e. The number of carbonyl (C=O) groups is 1. The van der Waals surface area contributed by atoms with Crippen molar-refractivity contribution >= 4 is 40.5 Å². The third-order valence-corrected chi connectivity index (χ3v) is 2.89. The van der Waals surface area contributed by atoms with Gasteiger partial charge in [0.2, 0.25) is 0 Å². The van der Waals surface area contributed by atoms with E-state index in [1.807, 2.05) is 0 Å². The van der Waals surface area contributed by atoms with E-state index in [1.165, 1.54) is 18.3 Å². The van der Waals surface area contributed by atoms with E-state index in [0.717, 1.165) is 0 Å². The molecule has 0 unspecified atom stereocenters. The van der Waals surface area contributed by atoms with Crippen molar-refractivity contribution in [2.45, 2.75) is 0 Å². The van der Waals surface area contributed by atoms with Crippen molar-refractivity contribution in [1.29, 1.82) is 0 Å². The number of rotatable bonds is 2. The van der Waals surface area contributed by atoms with Crippen LogP contribution in [-0.2, 0) is 0 Å². The molecule has 0 saturated heterocycles. The van der Waals surface area contributed by atoms with E-state index in [4.69, 9.17) is 28.9 Å². The molecule has 17 heavy (non-hydrogen) atoms. The van der Waals surface area contributed by atoms with Crippen LogP contribution < -0.4 is 11.1 Å². The number of H-pyrrole nitrogens is 1. The average Bonchev–Trinajstić information content (AvgIpc) is 2.77. The number of nitrogens with two attached hydrogens (primary N) is 1. The molecule has 0 spiro atoms. The normalized spacial score (nSPS) is 10.2. The van der Waals surface area contributed by atoms with Crippen LogP contribution in [-0.4, -0.2) is 16.1 Å². The standard InChI is InChI=1S/C10H8Cl2N4O/c11-7-1-5(2-8(13)9(7)12)10(17)16-6-3-14-15-4-6/h1-4H,13H2,(H,14,15)(H,16,17). The molecule has 0 aliphatic rings. The molecule has 4 N–H and O–H groups in total. The van der Waals surface area contributed by atoms with E-state index in [9.17, 15) is 4.79 Å². The Balaban J connectivity index is 2.26. The highest BCUT2D eigenvalue weighted by atomic mass is 35.5. The number of benzene rings is 1. The Hall–Kier alpha value is -1.72. The van der Waals surface area contributed by atoms with Crippen LogP contribution in [0.1, 0.15) is 10.4 Å². The fourth-order valence-electron chi connectivity index (χ4n) is 1.26. The molecule has 0 saturated carbocycles. The Morgan fingerprint density at radius 1 is 1.41 bits per heavy atom. The number of nitrogens with one attached hydrogen (secondary N) is 2. The maximum atomic E-state index is 11.8. The molecule has 1 amide bonds. The van der Waals surface area contributed by atoms with Gasteiger partial charge in [-0.3, -0.25) is 9.89 Å². The number of hydrogen-bond acceptors (Lipinski definition) is 3. The van der Waals surface area contributed by atoms with E-state index < -0.39 is 0 Å². The first kappa shape index (κ1) is 11.8. The van der Waals surface area contributed by atoms with Gasteiger partial charge in [-0.25, -0.2) is 0 Å². The Bertz CT molecular complexity index is 530. The summed E-state index contributed by atoms with van der Waals surface area (Å²) in [6, 6.07) is 2.92. The molecule has 0 atom stereocenters. The quantitative estimate of drug-likeness (QED) is 0.734. The summed E-state index contributed by atoms with van der Waals surface area (Å²) in [5.74, 6) is -0.336. The molecule has 0 bridgehead atoms. The lowest BCUT2D eigenvalue weighted by Crippen LogP contribution is -2.11. The van der Waals surface area contributed by atoms with Gasteiger partial charge in [-0.2, -0.15) is 5.10 Å². The SMILES string of the molecule is Nc1cc(C(=O)Nc2cn[nH]c2)cc(Cl)c1Cl. The molecule has 5 nitrogen and oxygen atoms in total. The van der Waals surface area contributed by atoms with Gasteiger partial charge in [-0.15, -0.1) is 0 Å². The highest BCUT2D eigenvalue weighted by molar-refractivity contribution is 6.44. The van der Waals surface area contributed by atoms with Crippen molar-refractivity contribution < 1.29 is 4.79 Å². The highest BCUT2D eigenvalue weighted by Crippen LogP contribution is 2.29. The van der Waals surface area contributed by atoms with Gasteiger partial charge >= 0.3 is 0 Å². The van der Waals surface area contributed by atoms with Gasteiger partial charge in [0, 0.05) is 11.8 Å². The van der Waals surface area contributed by atoms with Crippen molar-refractivity contribution in [2.75, 3.05) is 11.1 Å². The second kappa shape index (κ2) is 4.65. The molecular weight excluding hydrogens is 263 g/mol. The minimum Gasteiger partial charge on any atom is -0.397 e. The maximum Gasteiger partial charge on any atom is 0.255 e. The molecule has 7 heteroatoms. The summed E-state index contributed by atoms with van der Waals surface area (Å²) >= 11 is 11.6. The fraction of sp³-hybridized carbons (Fsp3) is 0. The number of carbonyl (C=O) groups excluding carboxylic acids is 1. The molecule has 0 fully saturated rings. The van der Waals surface area contributed by atoms with Gasteiger partial charge in [0.25, 0.3) is 5.91 Å². The zero-order chi connectivity index (χ0) is 12.4. The van der Waals surface area contributed by atoms with Crippen molar-refractivity contribution in [3.05, 3.63) is 40.1 Å². The van der Waals surface area contributed by atoms with E-state index in [1.54, 1.807) is 6.20 Å². The molecule has 0 radical (unpaired) electrons. The Morgan fingerprint density at radius 2 is 2.18 bits per heavy atom. The zero-order valence-electron chi connectivity index (χ0n) is 8.50. The van der Waals surface area contributed by atoms with Crippen LogP contribution in [0.2, 0.25) is 10.0 Å². The third-order valence-electron chi connectivity index (χ3n) is 2.07. The highest BCUT2D eigenvalue weighted by Gasteiger charge is 2.11. The number of nitrogen functional groups attached to an aromatic ring is 1. The number of halogens is 2. The first-order chi connectivity index (χ1) is 8.08. The largest absolute Gasteiger partial charge is 0.397 e. The predicted octanol–water partition coefficient (Wildman–Crippen LogP) is 2.55. The maximum absolute atomic E-state index is 11.8. The molecule has 1 aromatic heterocycles. The van der Waals surface area contributed by atoms with Crippen molar-refractivity contribution in [1.82, 2.24) is 10.2 Å². The van der Waals surface area contributed by atoms with E-state index >= 15 is 0 Å². The van der Waals surface area contributed by atoms with Crippen LogP contribution >= 0.6 is 23.2 Å². The lowest BCUT2D eigenvalue weighted by atomic mass is 10.2. The minimum absolute atomic E-state index is 0.240. The summed E-state index contributed by atoms with van der Waals surface area (Å²) in [6.45, 7) is 0. The number of nitrogens with zero attached hydrogens (tertiary/aromatic N) is 1. The summed E-state index contributed by atoms with van der Waals surface area (Å²) in [4.78, 5) is 11.8. The lowest BCUT2D eigenvalue weighted by molar-refractivity contribution is 0.102. The van der Waals surface area contributed by atoms with Gasteiger partial charge in [-0.05, 0) is 12.1 Å². The van der Waals surface area contributed by atoms with Gasteiger partial charge in [0.15, 0.2) is 0 Å². The van der Waals surface area contributed by atoms with E-state index in [2.05, 4.69) is 15.5 Å². The molecule has 0 aliphatic heterocycles. The lowest BCUT2D eigenvalue weighted by Gasteiger charge is -2.06. The second-order valence-electron chi connectivity index (χ2n) is 3.30. The molecule has 88 valence electrons. The molecule has 1 aromatic carbocycles. The topological polar surface area (TPSA) is 83.8 Å². The van der Waals surface area contributed by atoms with Crippen LogP contribution in [0.4, 0.5) is 11.4 Å².